The summed E-state index contributed by atoms with van der Waals surface area (Å²) >= 11 is 0. The molecule has 4 nitrogen and oxygen atoms in total. The number of hydrogen-bond donors (Lipinski definition) is 2. The summed E-state index contributed by atoms with van der Waals surface area (Å²) in [5.41, 5.74) is 1.89. The van der Waals surface area contributed by atoms with Crippen molar-refractivity contribution in [3.05, 3.63) is 29.8 Å². The van der Waals surface area contributed by atoms with E-state index >= 15 is 0 Å². The highest BCUT2D eigenvalue weighted by molar-refractivity contribution is 5.99. The molecule has 0 aliphatic heterocycles. The van der Waals surface area contributed by atoms with Crippen molar-refractivity contribution in [3.63, 3.8) is 0 Å². The Bertz CT molecular complexity index is 456. The topological polar surface area (TPSA) is 50.4 Å². The zero-order valence-corrected chi connectivity index (χ0v) is 12.4. The first-order valence-electron chi connectivity index (χ1n) is 7.31. The summed E-state index contributed by atoms with van der Waals surface area (Å²) in [6.07, 6.45) is 3.40. The fraction of sp³-hybridized carbons (Fsp3) is 0.562. The second-order valence-electron chi connectivity index (χ2n) is 5.50. The minimum atomic E-state index is 0.00485. The van der Waals surface area contributed by atoms with Crippen molar-refractivity contribution in [1.82, 2.24) is 5.32 Å². The molecule has 0 radical (unpaired) electrons. The van der Waals surface area contributed by atoms with Crippen LogP contribution in [-0.2, 0) is 4.74 Å². The van der Waals surface area contributed by atoms with Crippen LogP contribution in [0.15, 0.2) is 24.3 Å². The second-order valence-corrected chi connectivity index (χ2v) is 5.50. The average Bonchev–Trinajstić information content (AvgIpc) is 3.24. The van der Waals surface area contributed by atoms with Crippen LogP contribution in [0.5, 0.6) is 0 Å². The molecule has 0 unspecified atom stereocenters. The summed E-state index contributed by atoms with van der Waals surface area (Å²) in [4.78, 5) is 12.3. The summed E-state index contributed by atoms with van der Waals surface area (Å²) in [7, 11) is 1.72. The number of ether oxygens (including phenoxy) is 1. The second kappa shape index (κ2) is 6.75. The van der Waals surface area contributed by atoms with Gasteiger partial charge in [0.1, 0.15) is 0 Å². The summed E-state index contributed by atoms with van der Waals surface area (Å²) in [5, 5.41) is 6.30. The van der Waals surface area contributed by atoms with E-state index in [2.05, 4.69) is 10.6 Å². The third-order valence-corrected chi connectivity index (χ3v) is 3.96. The van der Waals surface area contributed by atoms with Crippen LogP contribution >= 0.6 is 0 Å². The predicted molar refractivity (Wildman–Crippen MR) is 81.1 cm³/mol. The fourth-order valence-electron chi connectivity index (χ4n) is 2.40. The lowest BCUT2D eigenvalue weighted by atomic mass is 10.0. The Morgan fingerprint density at radius 1 is 1.35 bits per heavy atom. The van der Waals surface area contributed by atoms with Crippen molar-refractivity contribution in [2.45, 2.75) is 26.2 Å². The van der Waals surface area contributed by atoms with Crippen LogP contribution in [0.3, 0.4) is 0 Å². The molecule has 1 aromatic carbocycles. The van der Waals surface area contributed by atoms with Crippen molar-refractivity contribution in [3.8, 4) is 0 Å². The van der Waals surface area contributed by atoms with Crippen molar-refractivity contribution >= 4 is 11.6 Å². The van der Waals surface area contributed by atoms with Gasteiger partial charge < -0.3 is 15.4 Å². The minimum absolute atomic E-state index is 0.00485. The van der Waals surface area contributed by atoms with Gasteiger partial charge in [-0.1, -0.05) is 12.1 Å². The Kier molecular flexibility index (Phi) is 5.01. The predicted octanol–water partition coefficient (Wildman–Crippen LogP) is 2.66. The molecule has 0 saturated heterocycles. The Morgan fingerprint density at radius 3 is 2.75 bits per heavy atom. The molecule has 4 heteroatoms. The van der Waals surface area contributed by atoms with Gasteiger partial charge in [-0.2, -0.15) is 0 Å². The highest BCUT2D eigenvalue weighted by Crippen LogP contribution is 2.48. The first-order chi connectivity index (χ1) is 9.71. The normalized spacial score (nSPS) is 15.7. The van der Waals surface area contributed by atoms with E-state index in [1.54, 1.807) is 7.11 Å². The number of rotatable bonds is 8. The number of carbonyl (C=O) groups excluding carboxylic acids is 1. The number of methoxy groups -OCH3 is 1. The summed E-state index contributed by atoms with van der Waals surface area (Å²) in [6.45, 7) is 4.35. The molecular weight excluding hydrogens is 252 g/mol. The fourth-order valence-corrected chi connectivity index (χ4v) is 2.40. The molecule has 20 heavy (non-hydrogen) atoms. The number of nitrogens with one attached hydrogen (secondary N) is 2. The van der Waals surface area contributed by atoms with Gasteiger partial charge in [0.05, 0.1) is 5.56 Å². The van der Waals surface area contributed by atoms with E-state index in [0.717, 1.165) is 37.4 Å². The lowest BCUT2D eigenvalue weighted by Gasteiger charge is -2.16. The Balaban J connectivity index is 1.92. The molecule has 1 aliphatic rings. The summed E-state index contributed by atoms with van der Waals surface area (Å²) in [5.74, 6) is 0.00485. The lowest BCUT2D eigenvalue weighted by molar-refractivity contribution is 0.0938. The third kappa shape index (κ3) is 3.73. The molecule has 0 spiro atoms. The molecule has 0 aromatic heterocycles. The molecule has 1 amide bonds. The quantitative estimate of drug-likeness (QED) is 0.767. The highest BCUT2D eigenvalue weighted by Gasteiger charge is 2.42. The maximum Gasteiger partial charge on any atom is 0.253 e. The molecule has 2 rings (SSSR count). The number of carbonyl (C=O) groups is 1. The van der Waals surface area contributed by atoms with Crippen molar-refractivity contribution in [2.24, 2.45) is 5.41 Å². The molecule has 1 saturated carbocycles. The van der Waals surface area contributed by atoms with Gasteiger partial charge in [0, 0.05) is 32.5 Å². The number of amides is 1. The van der Waals surface area contributed by atoms with Crippen LogP contribution in [0.1, 0.15) is 36.5 Å². The lowest BCUT2D eigenvalue weighted by Crippen LogP contribution is -2.31. The molecule has 1 aromatic rings. The van der Waals surface area contributed by atoms with Crippen LogP contribution in [-0.4, -0.2) is 32.7 Å². The molecular formula is C16H24N2O2. The van der Waals surface area contributed by atoms with Gasteiger partial charge in [-0.3, -0.25) is 4.79 Å². The summed E-state index contributed by atoms with van der Waals surface area (Å²) < 4.78 is 5.14. The van der Waals surface area contributed by atoms with Gasteiger partial charge in [-0.05, 0) is 43.7 Å². The Morgan fingerprint density at radius 2 is 2.10 bits per heavy atom. The minimum Gasteiger partial charge on any atom is -0.385 e. The number of benzene rings is 1. The van der Waals surface area contributed by atoms with Crippen LogP contribution in [0.25, 0.3) is 0 Å². The maximum atomic E-state index is 12.3. The Labute approximate surface area is 120 Å². The number of para-hydroxylation sites is 1. The van der Waals surface area contributed by atoms with Gasteiger partial charge in [-0.15, -0.1) is 0 Å². The number of hydrogen-bond acceptors (Lipinski definition) is 3. The van der Waals surface area contributed by atoms with E-state index in [9.17, 15) is 4.79 Å². The van der Waals surface area contributed by atoms with Gasteiger partial charge in [0.25, 0.3) is 5.91 Å². The van der Waals surface area contributed by atoms with E-state index < -0.39 is 0 Å². The standard InChI is InChI=1S/C16H24N2O2/c1-3-17-14-7-5-4-6-13(14)15(19)18-12-16(8-9-16)10-11-20-2/h4-7,17H,3,8-12H2,1-2H3,(H,18,19). The van der Waals surface area contributed by atoms with Crippen LogP contribution in [0, 0.1) is 5.41 Å². The van der Waals surface area contributed by atoms with E-state index in [-0.39, 0.29) is 11.3 Å². The van der Waals surface area contributed by atoms with Crippen molar-refractivity contribution in [1.29, 1.82) is 0 Å². The van der Waals surface area contributed by atoms with Crippen LogP contribution in [0.4, 0.5) is 5.69 Å². The zero-order chi connectivity index (χ0) is 14.4. The SMILES string of the molecule is CCNc1ccccc1C(=O)NCC1(CCOC)CC1. The van der Waals surface area contributed by atoms with Crippen LogP contribution in [0.2, 0.25) is 0 Å². The van der Waals surface area contributed by atoms with Crippen LogP contribution < -0.4 is 10.6 Å². The van der Waals surface area contributed by atoms with Gasteiger partial charge in [0.15, 0.2) is 0 Å². The molecule has 0 atom stereocenters. The molecule has 2 N–H and O–H groups in total. The maximum absolute atomic E-state index is 12.3. The molecule has 110 valence electrons. The van der Waals surface area contributed by atoms with Gasteiger partial charge in [-0.25, -0.2) is 0 Å². The van der Waals surface area contributed by atoms with Gasteiger partial charge >= 0.3 is 0 Å². The van der Waals surface area contributed by atoms with Crippen molar-refractivity contribution in [2.75, 3.05) is 32.1 Å². The molecule has 0 bridgehead atoms. The van der Waals surface area contributed by atoms with E-state index in [0.29, 0.717) is 0 Å². The zero-order valence-electron chi connectivity index (χ0n) is 12.4. The number of anilines is 1. The van der Waals surface area contributed by atoms with E-state index in [1.165, 1.54) is 12.8 Å². The first kappa shape index (κ1) is 14.9. The van der Waals surface area contributed by atoms with E-state index in [1.807, 2.05) is 31.2 Å². The smallest absolute Gasteiger partial charge is 0.253 e. The Hall–Kier alpha value is -1.55. The highest BCUT2D eigenvalue weighted by atomic mass is 16.5. The van der Waals surface area contributed by atoms with Crippen molar-refractivity contribution < 1.29 is 9.53 Å². The average molecular weight is 276 g/mol. The first-order valence-corrected chi connectivity index (χ1v) is 7.31. The largest absolute Gasteiger partial charge is 0.385 e. The van der Waals surface area contributed by atoms with Gasteiger partial charge in [0.2, 0.25) is 0 Å². The third-order valence-electron chi connectivity index (χ3n) is 3.96. The monoisotopic (exact) mass is 276 g/mol. The van der Waals surface area contributed by atoms with E-state index in [4.69, 9.17) is 4.74 Å². The molecule has 0 heterocycles. The molecule has 1 aliphatic carbocycles. The molecule has 1 fully saturated rings. The summed E-state index contributed by atoms with van der Waals surface area (Å²) in [6, 6.07) is 7.64.